The van der Waals surface area contributed by atoms with Gasteiger partial charge >= 0.3 is 5.97 Å². The molecule has 1 heterocycles. The molecule has 1 atom stereocenters. The Morgan fingerprint density at radius 3 is 2.60 bits per heavy atom. The van der Waals surface area contributed by atoms with Crippen molar-refractivity contribution in [2.24, 2.45) is 0 Å². The Morgan fingerprint density at radius 2 is 1.80 bits per heavy atom. The SMILES string of the molecule is O=C(CC1OC(=O)c2ccccc21)c1ccccc1I. The van der Waals surface area contributed by atoms with Crippen molar-refractivity contribution in [2.45, 2.75) is 12.5 Å². The first-order valence-electron chi connectivity index (χ1n) is 6.24. The number of halogens is 1. The highest BCUT2D eigenvalue weighted by Crippen LogP contribution is 2.33. The molecule has 0 radical (unpaired) electrons. The number of carbonyl (C=O) groups is 2. The molecule has 0 bridgehead atoms. The van der Waals surface area contributed by atoms with Crippen LogP contribution in [0.4, 0.5) is 0 Å². The van der Waals surface area contributed by atoms with Gasteiger partial charge in [-0.25, -0.2) is 4.79 Å². The van der Waals surface area contributed by atoms with Crippen LogP contribution >= 0.6 is 22.6 Å². The van der Waals surface area contributed by atoms with E-state index in [1.165, 1.54) is 0 Å². The monoisotopic (exact) mass is 378 g/mol. The van der Waals surface area contributed by atoms with Gasteiger partial charge in [-0.1, -0.05) is 36.4 Å². The topological polar surface area (TPSA) is 43.4 Å². The van der Waals surface area contributed by atoms with Crippen LogP contribution in [0.5, 0.6) is 0 Å². The fourth-order valence-corrected chi connectivity index (χ4v) is 3.03. The van der Waals surface area contributed by atoms with Gasteiger partial charge in [0.25, 0.3) is 0 Å². The van der Waals surface area contributed by atoms with Crippen LogP contribution < -0.4 is 0 Å². The molecule has 2 aromatic carbocycles. The van der Waals surface area contributed by atoms with Crippen LogP contribution in [0.3, 0.4) is 0 Å². The minimum atomic E-state index is -0.470. The summed E-state index contributed by atoms with van der Waals surface area (Å²) in [5, 5.41) is 0. The van der Waals surface area contributed by atoms with Crippen molar-refractivity contribution in [2.75, 3.05) is 0 Å². The maximum Gasteiger partial charge on any atom is 0.339 e. The maximum atomic E-state index is 12.3. The molecule has 0 spiro atoms. The zero-order valence-electron chi connectivity index (χ0n) is 10.5. The van der Waals surface area contributed by atoms with Crippen LogP contribution in [-0.2, 0) is 4.74 Å². The average molecular weight is 378 g/mol. The Kier molecular flexibility index (Phi) is 3.56. The van der Waals surface area contributed by atoms with Crippen LogP contribution in [0.25, 0.3) is 0 Å². The van der Waals surface area contributed by atoms with Crippen molar-refractivity contribution in [1.29, 1.82) is 0 Å². The van der Waals surface area contributed by atoms with Crippen LogP contribution in [-0.4, -0.2) is 11.8 Å². The number of fused-ring (bicyclic) bond motifs is 1. The number of ether oxygens (including phenoxy) is 1. The lowest BCUT2D eigenvalue weighted by Gasteiger charge is -2.10. The molecule has 0 saturated heterocycles. The molecule has 0 fully saturated rings. The Balaban J connectivity index is 1.85. The first-order chi connectivity index (χ1) is 9.66. The van der Waals surface area contributed by atoms with E-state index in [0.29, 0.717) is 11.1 Å². The molecule has 1 unspecified atom stereocenters. The number of Topliss-reactive ketones (excluding diaryl/α,β-unsaturated/α-hetero) is 1. The van der Waals surface area contributed by atoms with Gasteiger partial charge in [-0.3, -0.25) is 4.79 Å². The van der Waals surface area contributed by atoms with E-state index >= 15 is 0 Å². The quantitative estimate of drug-likeness (QED) is 0.464. The highest BCUT2D eigenvalue weighted by Gasteiger charge is 2.32. The molecule has 3 nitrogen and oxygen atoms in total. The van der Waals surface area contributed by atoms with Gasteiger partial charge in [-0.05, 0) is 34.7 Å². The molecule has 0 saturated carbocycles. The Bertz CT molecular complexity index is 694. The Labute approximate surface area is 130 Å². The summed E-state index contributed by atoms with van der Waals surface area (Å²) in [5.74, 6) is -0.356. The van der Waals surface area contributed by atoms with E-state index < -0.39 is 6.10 Å². The summed E-state index contributed by atoms with van der Waals surface area (Å²) in [6.07, 6.45) is -0.287. The second-order valence-corrected chi connectivity index (χ2v) is 5.75. The lowest BCUT2D eigenvalue weighted by atomic mass is 9.99. The van der Waals surface area contributed by atoms with Gasteiger partial charge in [0.15, 0.2) is 5.78 Å². The molecule has 3 rings (SSSR count). The summed E-state index contributed by atoms with van der Waals surface area (Å²) in [6.45, 7) is 0. The lowest BCUT2D eigenvalue weighted by Crippen LogP contribution is -2.09. The second-order valence-electron chi connectivity index (χ2n) is 4.59. The van der Waals surface area contributed by atoms with Crippen LogP contribution in [0.15, 0.2) is 48.5 Å². The first kappa shape index (κ1) is 13.3. The maximum absolute atomic E-state index is 12.3. The fourth-order valence-electron chi connectivity index (χ4n) is 2.34. The zero-order chi connectivity index (χ0) is 14.1. The molecule has 1 aliphatic rings. The summed E-state index contributed by atoms with van der Waals surface area (Å²) in [6, 6.07) is 14.6. The molecule has 0 amide bonds. The van der Waals surface area contributed by atoms with Gasteiger partial charge in [0.2, 0.25) is 0 Å². The van der Waals surface area contributed by atoms with Crippen molar-refractivity contribution >= 4 is 34.3 Å². The van der Waals surface area contributed by atoms with Crippen LogP contribution in [0.2, 0.25) is 0 Å². The molecule has 4 heteroatoms. The van der Waals surface area contributed by atoms with Gasteiger partial charge in [0.1, 0.15) is 6.10 Å². The highest BCUT2D eigenvalue weighted by molar-refractivity contribution is 14.1. The summed E-state index contributed by atoms with van der Waals surface area (Å²) < 4.78 is 6.21. The number of benzene rings is 2. The number of carbonyl (C=O) groups excluding carboxylic acids is 2. The number of ketones is 1. The molecule has 100 valence electrons. The van der Waals surface area contributed by atoms with E-state index in [9.17, 15) is 9.59 Å². The van der Waals surface area contributed by atoms with Gasteiger partial charge < -0.3 is 4.74 Å². The molecule has 0 N–H and O–H groups in total. The smallest absolute Gasteiger partial charge is 0.339 e. The number of hydrogen-bond acceptors (Lipinski definition) is 3. The van der Waals surface area contributed by atoms with Crippen molar-refractivity contribution in [3.8, 4) is 0 Å². The predicted molar refractivity (Wildman–Crippen MR) is 82.7 cm³/mol. The van der Waals surface area contributed by atoms with E-state index in [4.69, 9.17) is 4.74 Å². The second kappa shape index (κ2) is 5.36. The normalized spacial score (nSPS) is 16.6. The van der Waals surface area contributed by atoms with Gasteiger partial charge in [-0.15, -0.1) is 0 Å². The fraction of sp³-hybridized carbons (Fsp3) is 0.125. The molecular weight excluding hydrogens is 367 g/mol. The van der Waals surface area contributed by atoms with E-state index in [1.807, 2.05) is 30.3 Å². The largest absolute Gasteiger partial charge is 0.453 e. The molecule has 2 aromatic rings. The summed E-state index contributed by atoms with van der Waals surface area (Å²) in [5.41, 5.74) is 2.04. The lowest BCUT2D eigenvalue weighted by molar-refractivity contribution is 0.0367. The number of cyclic esters (lactones) is 1. The van der Waals surface area contributed by atoms with E-state index in [1.54, 1.807) is 18.2 Å². The summed E-state index contributed by atoms with van der Waals surface area (Å²) in [7, 11) is 0. The molecule has 20 heavy (non-hydrogen) atoms. The average Bonchev–Trinajstić information content (AvgIpc) is 2.76. The Hall–Kier alpha value is -1.69. The number of rotatable bonds is 3. The van der Waals surface area contributed by atoms with Crippen molar-refractivity contribution < 1.29 is 14.3 Å². The van der Waals surface area contributed by atoms with Crippen molar-refractivity contribution in [3.05, 3.63) is 68.8 Å². The predicted octanol–water partition coefficient (Wildman–Crippen LogP) is 3.78. The van der Waals surface area contributed by atoms with E-state index in [-0.39, 0.29) is 18.2 Å². The van der Waals surface area contributed by atoms with Crippen molar-refractivity contribution in [3.63, 3.8) is 0 Å². The molecule has 0 aliphatic carbocycles. The van der Waals surface area contributed by atoms with Gasteiger partial charge in [0.05, 0.1) is 12.0 Å². The first-order valence-corrected chi connectivity index (χ1v) is 7.32. The van der Waals surface area contributed by atoms with Crippen molar-refractivity contribution in [1.82, 2.24) is 0 Å². The highest BCUT2D eigenvalue weighted by atomic mass is 127. The van der Waals surface area contributed by atoms with Crippen LogP contribution in [0.1, 0.15) is 38.8 Å². The molecule has 0 aromatic heterocycles. The summed E-state index contributed by atoms with van der Waals surface area (Å²) in [4.78, 5) is 24.1. The standard InChI is InChI=1S/C16H11IO3/c17-13-8-4-3-7-12(13)14(18)9-15-10-5-1-2-6-11(10)16(19)20-15/h1-8,15H,9H2. The molecule has 1 aliphatic heterocycles. The number of hydrogen-bond donors (Lipinski definition) is 0. The Morgan fingerprint density at radius 1 is 1.10 bits per heavy atom. The van der Waals surface area contributed by atoms with E-state index in [0.717, 1.165) is 9.13 Å². The third kappa shape index (κ3) is 2.35. The minimum absolute atomic E-state index is 0.00972. The minimum Gasteiger partial charge on any atom is -0.453 e. The van der Waals surface area contributed by atoms with Gasteiger partial charge in [0, 0.05) is 14.7 Å². The zero-order valence-corrected chi connectivity index (χ0v) is 12.7. The third-order valence-electron chi connectivity index (χ3n) is 3.32. The van der Waals surface area contributed by atoms with Gasteiger partial charge in [-0.2, -0.15) is 0 Å². The molecular formula is C16H11IO3. The van der Waals surface area contributed by atoms with Crippen LogP contribution in [0, 0.1) is 3.57 Å². The summed E-state index contributed by atoms with van der Waals surface area (Å²) >= 11 is 2.14. The third-order valence-corrected chi connectivity index (χ3v) is 4.26. The number of esters is 1. The van der Waals surface area contributed by atoms with E-state index in [2.05, 4.69) is 22.6 Å².